The minimum atomic E-state index is 0.366. The maximum absolute atomic E-state index is 8.27. The fraction of sp³-hybridized carbons (Fsp3) is 0.750. The summed E-state index contributed by atoms with van der Waals surface area (Å²) < 4.78 is 0. The van der Waals surface area contributed by atoms with Crippen LogP contribution in [0.5, 0.6) is 0 Å². The zero-order valence-electron chi connectivity index (χ0n) is 6.71. The van der Waals surface area contributed by atoms with Crippen molar-refractivity contribution >= 4 is 5.71 Å². The number of nitriles is 1. The molecule has 1 fully saturated rings. The Kier molecular flexibility index (Phi) is 2.91. The second-order valence-electron chi connectivity index (χ2n) is 2.90. The van der Waals surface area contributed by atoms with Gasteiger partial charge in [-0.1, -0.05) is 5.16 Å². The van der Waals surface area contributed by atoms with E-state index >= 15 is 0 Å². The molecule has 0 aliphatic heterocycles. The Morgan fingerprint density at radius 1 is 1.73 bits per heavy atom. The van der Waals surface area contributed by atoms with Crippen molar-refractivity contribution in [2.24, 2.45) is 11.1 Å². The van der Waals surface area contributed by atoms with Crippen LogP contribution < -0.4 is 0 Å². The van der Waals surface area contributed by atoms with Crippen molar-refractivity contribution < 1.29 is 4.84 Å². The summed E-state index contributed by atoms with van der Waals surface area (Å²) in [4.78, 5) is 5.01. The van der Waals surface area contributed by atoms with Gasteiger partial charge in [-0.3, -0.25) is 0 Å². The topological polar surface area (TPSA) is 45.4 Å². The van der Waals surface area contributed by atoms with Gasteiger partial charge in [0.15, 0.2) is 0 Å². The second-order valence-corrected chi connectivity index (χ2v) is 2.90. The Bertz CT molecular complexity index is 189. The number of hydrogen-bond donors (Lipinski definition) is 0. The molecule has 0 bridgehead atoms. The van der Waals surface area contributed by atoms with Gasteiger partial charge in [-0.25, -0.2) is 0 Å². The summed E-state index contributed by atoms with van der Waals surface area (Å²) in [6.07, 6.45) is 2.91. The van der Waals surface area contributed by atoms with Gasteiger partial charge in [0.1, 0.15) is 6.61 Å². The Hall–Kier alpha value is -1.04. The monoisotopic (exact) mass is 152 g/mol. The molecule has 3 nitrogen and oxygen atoms in total. The lowest BCUT2D eigenvalue weighted by atomic mass is 10.3. The summed E-state index contributed by atoms with van der Waals surface area (Å²) >= 11 is 0. The first-order valence-electron chi connectivity index (χ1n) is 3.85. The van der Waals surface area contributed by atoms with E-state index in [9.17, 15) is 0 Å². The Balaban J connectivity index is 2.06. The molecule has 0 spiro atoms. The lowest BCUT2D eigenvalue weighted by molar-refractivity contribution is 0.133. The molecular weight excluding hydrogens is 140 g/mol. The molecule has 1 aliphatic rings. The molecule has 60 valence electrons. The molecule has 1 saturated carbocycles. The van der Waals surface area contributed by atoms with Gasteiger partial charge in [0, 0.05) is 0 Å². The minimum Gasteiger partial charge on any atom is -0.396 e. The van der Waals surface area contributed by atoms with E-state index < -0.39 is 0 Å². The molecule has 3 heteroatoms. The summed E-state index contributed by atoms with van der Waals surface area (Å²) in [6.45, 7) is 2.53. The van der Waals surface area contributed by atoms with Gasteiger partial charge in [0.2, 0.25) is 0 Å². The molecule has 0 radical (unpaired) electrons. The number of hydrogen-bond acceptors (Lipinski definition) is 3. The Morgan fingerprint density at radius 3 is 3.00 bits per heavy atom. The van der Waals surface area contributed by atoms with E-state index in [0.29, 0.717) is 6.42 Å². The molecule has 0 aromatic rings. The normalized spacial score (nSPS) is 17.6. The molecule has 11 heavy (non-hydrogen) atoms. The largest absolute Gasteiger partial charge is 0.396 e. The first kappa shape index (κ1) is 8.06. The Labute approximate surface area is 66.6 Å². The van der Waals surface area contributed by atoms with Crippen molar-refractivity contribution in [3.05, 3.63) is 0 Å². The summed E-state index contributed by atoms with van der Waals surface area (Å²) in [6, 6.07) is 2.01. The van der Waals surface area contributed by atoms with Crippen LogP contribution >= 0.6 is 0 Å². The fourth-order valence-electron chi connectivity index (χ4n) is 0.684. The third-order valence-electron chi connectivity index (χ3n) is 1.56. The van der Waals surface area contributed by atoms with Crippen LogP contribution in [0.15, 0.2) is 5.16 Å². The van der Waals surface area contributed by atoms with Crippen LogP contribution in [-0.4, -0.2) is 12.3 Å². The average Bonchev–Trinajstić information content (AvgIpc) is 2.72. The quantitative estimate of drug-likeness (QED) is 0.454. The molecule has 0 atom stereocenters. The molecule has 1 aliphatic carbocycles. The van der Waals surface area contributed by atoms with Gasteiger partial charge in [0.25, 0.3) is 0 Å². The molecule has 1 rings (SSSR count). The van der Waals surface area contributed by atoms with Crippen LogP contribution in [0.1, 0.15) is 26.2 Å². The van der Waals surface area contributed by atoms with Gasteiger partial charge in [0.05, 0.1) is 18.2 Å². The van der Waals surface area contributed by atoms with E-state index in [4.69, 9.17) is 10.1 Å². The van der Waals surface area contributed by atoms with E-state index in [1.165, 1.54) is 12.8 Å². The molecular formula is C8H12N2O. The van der Waals surface area contributed by atoms with Gasteiger partial charge >= 0.3 is 0 Å². The number of oxime groups is 1. The summed E-state index contributed by atoms with van der Waals surface area (Å²) in [7, 11) is 0. The third kappa shape index (κ3) is 3.61. The van der Waals surface area contributed by atoms with Gasteiger partial charge < -0.3 is 4.84 Å². The van der Waals surface area contributed by atoms with Crippen LogP contribution in [0.2, 0.25) is 0 Å². The maximum Gasteiger partial charge on any atom is 0.120 e. The van der Waals surface area contributed by atoms with E-state index in [1.54, 1.807) is 6.92 Å². The van der Waals surface area contributed by atoms with Gasteiger partial charge in [-0.05, 0) is 25.7 Å². The molecule has 0 amide bonds. The first-order valence-corrected chi connectivity index (χ1v) is 3.85. The van der Waals surface area contributed by atoms with Crippen molar-refractivity contribution in [1.29, 1.82) is 5.26 Å². The highest BCUT2D eigenvalue weighted by Gasteiger charge is 2.21. The molecule has 0 saturated heterocycles. The average molecular weight is 152 g/mol. The van der Waals surface area contributed by atoms with E-state index in [0.717, 1.165) is 18.2 Å². The standard InChI is InChI=1S/C8H12N2O/c1-7(4-5-9)10-11-6-8-2-3-8/h8H,2-4,6H2,1H3. The smallest absolute Gasteiger partial charge is 0.120 e. The fourth-order valence-corrected chi connectivity index (χ4v) is 0.684. The molecule has 0 heterocycles. The summed E-state index contributed by atoms with van der Waals surface area (Å²) in [5.74, 6) is 0.730. The maximum atomic E-state index is 8.27. The van der Waals surface area contributed by atoms with Crippen molar-refractivity contribution in [1.82, 2.24) is 0 Å². The SMILES string of the molecule is CC(CC#N)=NOCC1CC1. The lowest BCUT2D eigenvalue weighted by Crippen LogP contribution is -1.94. The number of nitrogens with zero attached hydrogens (tertiary/aromatic N) is 2. The Morgan fingerprint density at radius 2 is 2.45 bits per heavy atom. The van der Waals surface area contributed by atoms with Crippen LogP contribution in [0, 0.1) is 17.2 Å². The van der Waals surface area contributed by atoms with Crippen LogP contribution in [0.25, 0.3) is 0 Å². The second kappa shape index (κ2) is 3.97. The molecule has 0 unspecified atom stereocenters. The van der Waals surface area contributed by atoms with Crippen molar-refractivity contribution in [2.75, 3.05) is 6.61 Å². The van der Waals surface area contributed by atoms with Gasteiger partial charge in [-0.15, -0.1) is 0 Å². The van der Waals surface area contributed by atoms with Crippen LogP contribution in [0.3, 0.4) is 0 Å². The molecule has 0 aromatic carbocycles. The van der Waals surface area contributed by atoms with Gasteiger partial charge in [-0.2, -0.15) is 5.26 Å². The zero-order valence-corrected chi connectivity index (χ0v) is 6.71. The highest BCUT2D eigenvalue weighted by atomic mass is 16.6. The predicted octanol–water partition coefficient (Wildman–Crippen LogP) is 1.70. The molecule has 0 aromatic heterocycles. The summed E-state index contributed by atoms with van der Waals surface area (Å²) in [5.41, 5.74) is 0.758. The lowest BCUT2D eigenvalue weighted by Gasteiger charge is -1.96. The van der Waals surface area contributed by atoms with E-state index in [1.807, 2.05) is 6.07 Å². The predicted molar refractivity (Wildman–Crippen MR) is 42.0 cm³/mol. The van der Waals surface area contributed by atoms with Crippen LogP contribution in [0.4, 0.5) is 0 Å². The third-order valence-corrected chi connectivity index (χ3v) is 1.56. The highest BCUT2D eigenvalue weighted by molar-refractivity contribution is 5.83. The van der Waals surface area contributed by atoms with E-state index in [2.05, 4.69) is 5.16 Å². The zero-order chi connectivity index (χ0) is 8.10. The number of rotatable bonds is 4. The first-order chi connectivity index (χ1) is 5.33. The van der Waals surface area contributed by atoms with E-state index in [-0.39, 0.29) is 0 Å². The molecule has 0 N–H and O–H groups in total. The summed E-state index contributed by atoms with van der Waals surface area (Å²) in [5, 5.41) is 12.1. The highest BCUT2D eigenvalue weighted by Crippen LogP contribution is 2.28. The minimum absolute atomic E-state index is 0.366. The van der Waals surface area contributed by atoms with Crippen molar-refractivity contribution in [3.63, 3.8) is 0 Å². The van der Waals surface area contributed by atoms with Crippen LogP contribution in [-0.2, 0) is 4.84 Å². The van der Waals surface area contributed by atoms with Crippen molar-refractivity contribution in [2.45, 2.75) is 26.2 Å². The van der Waals surface area contributed by atoms with Crippen molar-refractivity contribution in [3.8, 4) is 6.07 Å².